The quantitative estimate of drug-likeness (QED) is 0.564. The smallest absolute Gasteiger partial charge is 0.120 e. The summed E-state index contributed by atoms with van der Waals surface area (Å²) >= 11 is 3.67. The minimum atomic E-state index is 0.128. The van der Waals surface area contributed by atoms with E-state index in [-0.39, 0.29) is 5.85 Å². The van der Waals surface area contributed by atoms with Gasteiger partial charge in [0.15, 0.2) is 0 Å². The zero-order valence-corrected chi connectivity index (χ0v) is 13.4. The van der Waals surface area contributed by atoms with Crippen molar-refractivity contribution in [3.05, 3.63) is 36.4 Å². The second-order valence-corrected chi connectivity index (χ2v) is 6.44. The van der Waals surface area contributed by atoms with Gasteiger partial charge in [-0.25, -0.2) is 0 Å². The number of allylic oxidation sites excluding steroid dienone is 1. The van der Waals surface area contributed by atoms with E-state index in [1.165, 1.54) is 0 Å². The number of alkyl halides is 1. The molecular formula is C14H20BrOP. The molecule has 1 aromatic carbocycles. The van der Waals surface area contributed by atoms with E-state index in [0.29, 0.717) is 10.7 Å². The summed E-state index contributed by atoms with van der Waals surface area (Å²) < 4.78 is 5.58. The van der Waals surface area contributed by atoms with Crippen molar-refractivity contribution < 1.29 is 4.74 Å². The first kappa shape index (κ1) is 14.7. The molecule has 0 saturated heterocycles. The Morgan fingerprint density at radius 3 is 2.18 bits per heavy atom. The Bertz CT molecular complexity index is 370. The molecule has 3 heteroatoms. The van der Waals surface area contributed by atoms with Gasteiger partial charge in [-0.3, -0.25) is 0 Å². The van der Waals surface area contributed by atoms with Crippen LogP contribution in [-0.4, -0.2) is 10.7 Å². The first-order valence-corrected chi connectivity index (χ1v) is 7.35. The van der Waals surface area contributed by atoms with E-state index in [2.05, 4.69) is 57.7 Å². The van der Waals surface area contributed by atoms with Gasteiger partial charge in [0.2, 0.25) is 0 Å². The molecule has 0 fully saturated rings. The molecule has 0 spiro atoms. The second-order valence-electron chi connectivity index (χ2n) is 4.52. The SMILES string of the molecule is C=C(c1ccc(OC(C)P)cc1)C(Br)C(C)C. The van der Waals surface area contributed by atoms with E-state index >= 15 is 0 Å². The maximum atomic E-state index is 5.58. The predicted molar refractivity (Wildman–Crippen MR) is 82.8 cm³/mol. The Balaban J connectivity index is 2.77. The molecule has 0 N–H and O–H groups in total. The van der Waals surface area contributed by atoms with Gasteiger partial charge < -0.3 is 4.74 Å². The van der Waals surface area contributed by atoms with Crippen LogP contribution in [0, 0.1) is 5.92 Å². The van der Waals surface area contributed by atoms with Gasteiger partial charge in [0, 0.05) is 4.83 Å². The standard InChI is InChI=1S/C14H20BrOP/c1-9(2)14(15)10(3)12-5-7-13(8-6-12)16-11(4)17/h5-9,11,14H,3,17H2,1-2,4H3. The number of halogens is 1. The van der Waals surface area contributed by atoms with E-state index in [0.717, 1.165) is 16.9 Å². The van der Waals surface area contributed by atoms with Crippen molar-refractivity contribution in [3.8, 4) is 5.75 Å². The summed E-state index contributed by atoms with van der Waals surface area (Å²) in [5, 5.41) is 0. The molecule has 17 heavy (non-hydrogen) atoms. The van der Waals surface area contributed by atoms with Crippen LogP contribution in [0.5, 0.6) is 5.75 Å². The van der Waals surface area contributed by atoms with Crippen LogP contribution < -0.4 is 4.74 Å². The van der Waals surface area contributed by atoms with Gasteiger partial charge in [-0.1, -0.05) is 57.7 Å². The number of benzene rings is 1. The van der Waals surface area contributed by atoms with Gasteiger partial charge >= 0.3 is 0 Å². The van der Waals surface area contributed by atoms with Crippen LogP contribution in [0.15, 0.2) is 30.8 Å². The maximum absolute atomic E-state index is 5.58. The zero-order chi connectivity index (χ0) is 13.0. The van der Waals surface area contributed by atoms with E-state index in [4.69, 9.17) is 4.74 Å². The average Bonchev–Trinajstić information content (AvgIpc) is 2.27. The first-order valence-electron chi connectivity index (χ1n) is 5.77. The third-order valence-corrected chi connectivity index (χ3v) is 4.21. The van der Waals surface area contributed by atoms with Crippen molar-refractivity contribution in [1.82, 2.24) is 0 Å². The third kappa shape index (κ3) is 4.44. The Kier molecular flexibility index (Phi) is 5.69. The summed E-state index contributed by atoms with van der Waals surface area (Å²) in [5.74, 6) is 1.55. The van der Waals surface area contributed by atoms with Crippen LogP contribution in [0.25, 0.3) is 5.57 Å². The minimum Gasteiger partial charge on any atom is -0.487 e. The fourth-order valence-corrected chi connectivity index (χ4v) is 1.95. The van der Waals surface area contributed by atoms with Crippen LogP contribution in [-0.2, 0) is 0 Å². The summed E-state index contributed by atoms with van der Waals surface area (Å²) in [6.45, 7) is 10.5. The number of hydrogen-bond acceptors (Lipinski definition) is 1. The van der Waals surface area contributed by atoms with E-state index < -0.39 is 0 Å². The first-order chi connectivity index (χ1) is 7.91. The lowest BCUT2D eigenvalue weighted by Gasteiger charge is -2.17. The Morgan fingerprint density at radius 2 is 1.76 bits per heavy atom. The molecule has 0 bridgehead atoms. The summed E-state index contributed by atoms with van der Waals surface area (Å²) in [6.07, 6.45) is 0. The predicted octanol–water partition coefficient (Wildman–Crippen LogP) is 4.72. The van der Waals surface area contributed by atoms with Crippen molar-refractivity contribution in [2.45, 2.75) is 31.4 Å². The molecule has 1 aromatic rings. The fraction of sp³-hybridized carbons (Fsp3) is 0.429. The van der Waals surface area contributed by atoms with E-state index in [1.54, 1.807) is 0 Å². The molecule has 0 radical (unpaired) electrons. The van der Waals surface area contributed by atoms with Crippen LogP contribution in [0.1, 0.15) is 26.3 Å². The van der Waals surface area contributed by atoms with Crippen LogP contribution >= 0.6 is 25.2 Å². The second kappa shape index (κ2) is 6.56. The number of hydrogen-bond donors (Lipinski definition) is 0. The van der Waals surface area contributed by atoms with Crippen LogP contribution in [0.2, 0.25) is 0 Å². The lowest BCUT2D eigenvalue weighted by atomic mass is 9.98. The summed E-state index contributed by atoms with van der Waals surface area (Å²) in [6, 6.07) is 8.09. The Morgan fingerprint density at radius 1 is 1.24 bits per heavy atom. The van der Waals surface area contributed by atoms with E-state index in [1.807, 2.05) is 19.1 Å². The Hall–Kier alpha value is -0.330. The summed E-state index contributed by atoms with van der Waals surface area (Å²) in [4.78, 5) is 0.315. The average molecular weight is 315 g/mol. The van der Waals surface area contributed by atoms with Gasteiger partial charge in [0.1, 0.15) is 11.6 Å². The molecule has 94 valence electrons. The minimum absolute atomic E-state index is 0.128. The molecule has 1 rings (SSSR count). The normalized spacial score (nSPS) is 14.5. The molecule has 1 nitrogen and oxygen atoms in total. The highest BCUT2D eigenvalue weighted by molar-refractivity contribution is 9.09. The highest BCUT2D eigenvalue weighted by atomic mass is 79.9. The molecule has 3 atom stereocenters. The lowest BCUT2D eigenvalue weighted by molar-refractivity contribution is 0.307. The van der Waals surface area contributed by atoms with Crippen LogP contribution in [0.4, 0.5) is 0 Å². The summed E-state index contributed by atoms with van der Waals surface area (Å²) in [7, 11) is 2.62. The van der Waals surface area contributed by atoms with Crippen molar-refractivity contribution >= 4 is 30.7 Å². The van der Waals surface area contributed by atoms with Crippen molar-refractivity contribution in [1.29, 1.82) is 0 Å². The monoisotopic (exact) mass is 314 g/mol. The van der Waals surface area contributed by atoms with Crippen molar-refractivity contribution in [2.75, 3.05) is 0 Å². The van der Waals surface area contributed by atoms with Gasteiger partial charge in [-0.15, -0.1) is 0 Å². The summed E-state index contributed by atoms with van der Waals surface area (Å²) in [5.41, 5.74) is 2.27. The highest BCUT2D eigenvalue weighted by Gasteiger charge is 2.14. The molecular weight excluding hydrogens is 295 g/mol. The molecule has 0 aliphatic heterocycles. The molecule has 0 heterocycles. The van der Waals surface area contributed by atoms with Crippen LogP contribution in [0.3, 0.4) is 0 Å². The largest absolute Gasteiger partial charge is 0.487 e. The maximum Gasteiger partial charge on any atom is 0.120 e. The highest BCUT2D eigenvalue weighted by Crippen LogP contribution is 2.29. The molecule has 0 aliphatic rings. The van der Waals surface area contributed by atoms with Gasteiger partial charge in [-0.05, 0) is 36.1 Å². The molecule has 0 aromatic heterocycles. The molecule has 0 saturated carbocycles. The topological polar surface area (TPSA) is 9.23 Å². The molecule has 0 amide bonds. The fourth-order valence-electron chi connectivity index (χ4n) is 1.52. The molecule has 3 unspecified atom stereocenters. The van der Waals surface area contributed by atoms with Gasteiger partial charge in [-0.2, -0.15) is 0 Å². The van der Waals surface area contributed by atoms with E-state index in [9.17, 15) is 0 Å². The Labute approximate surface area is 115 Å². The van der Waals surface area contributed by atoms with Gasteiger partial charge in [0.05, 0.1) is 0 Å². The van der Waals surface area contributed by atoms with Crippen molar-refractivity contribution in [3.63, 3.8) is 0 Å². The lowest BCUT2D eigenvalue weighted by Crippen LogP contribution is -2.08. The number of rotatable bonds is 5. The number of ether oxygens (including phenoxy) is 1. The molecule has 0 aliphatic carbocycles. The van der Waals surface area contributed by atoms with Crippen molar-refractivity contribution in [2.24, 2.45) is 5.92 Å². The zero-order valence-electron chi connectivity index (χ0n) is 10.6. The van der Waals surface area contributed by atoms with Gasteiger partial charge in [0.25, 0.3) is 0 Å². The third-order valence-electron chi connectivity index (χ3n) is 2.47.